The smallest absolute Gasteiger partial charge is 0.534 e. The Kier molecular flexibility index (Phi) is 8.79. The number of terminal acetylenes is 1. The fraction of sp³-hybridized carbons (Fsp3) is 0.421. The molecule has 160 valence electrons. The summed E-state index contributed by atoms with van der Waals surface area (Å²) in [4.78, 5) is 35.9. The number of nitrogens with one attached hydrogen (secondary N) is 1. The SMILES string of the molecule is C#CCCC(=O)N[C@H]1Cc2cccc(C(=O)OC(C)OC(=O)OC(C)I)c2OB1O. The van der Waals surface area contributed by atoms with E-state index in [0.717, 1.165) is 0 Å². The molecule has 1 aromatic carbocycles. The number of fused-ring (bicyclic) bond motifs is 1. The Balaban J connectivity index is 2.05. The Morgan fingerprint density at radius 3 is 2.77 bits per heavy atom. The number of alkyl halides is 1. The number of para-hydroxylation sites is 1. The van der Waals surface area contributed by atoms with Gasteiger partial charge in [-0.25, -0.2) is 9.59 Å². The number of amides is 1. The predicted molar refractivity (Wildman–Crippen MR) is 115 cm³/mol. The monoisotopic (exact) mass is 529 g/mol. The molecule has 0 aliphatic carbocycles. The summed E-state index contributed by atoms with van der Waals surface area (Å²) in [6, 6.07) is 4.78. The highest BCUT2D eigenvalue weighted by Gasteiger charge is 2.38. The van der Waals surface area contributed by atoms with Gasteiger partial charge in [-0.15, -0.1) is 12.3 Å². The average Bonchev–Trinajstić information content (AvgIpc) is 2.65. The van der Waals surface area contributed by atoms with Gasteiger partial charge in [0.15, 0.2) is 4.11 Å². The molecule has 30 heavy (non-hydrogen) atoms. The van der Waals surface area contributed by atoms with Gasteiger partial charge in [0.2, 0.25) is 12.2 Å². The lowest BCUT2D eigenvalue weighted by atomic mass is 9.72. The molecule has 9 nitrogen and oxygen atoms in total. The molecule has 1 amide bonds. The van der Waals surface area contributed by atoms with E-state index in [-0.39, 0.29) is 36.5 Å². The minimum Gasteiger partial charge on any atom is -0.534 e. The number of halogens is 1. The molecule has 2 rings (SSSR count). The minimum atomic E-state index is -1.37. The first-order chi connectivity index (χ1) is 14.2. The Labute approximate surface area is 188 Å². The van der Waals surface area contributed by atoms with Gasteiger partial charge in [0.25, 0.3) is 0 Å². The maximum absolute atomic E-state index is 12.5. The third kappa shape index (κ3) is 6.81. The molecule has 0 saturated carbocycles. The number of carbonyl (C=O) groups is 3. The second kappa shape index (κ2) is 11.1. The maximum atomic E-state index is 12.5. The average molecular weight is 529 g/mol. The van der Waals surface area contributed by atoms with E-state index < -0.39 is 35.6 Å². The highest BCUT2D eigenvalue weighted by Crippen LogP contribution is 2.31. The van der Waals surface area contributed by atoms with Crippen molar-refractivity contribution >= 4 is 47.7 Å². The van der Waals surface area contributed by atoms with Crippen molar-refractivity contribution in [3.63, 3.8) is 0 Å². The van der Waals surface area contributed by atoms with E-state index >= 15 is 0 Å². The molecule has 0 radical (unpaired) electrons. The first-order valence-corrected chi connectivity index (χ1v) is 10.4. The van der Waals surface area contributed by atoms with E-state index in [1.807, 2.05) is 22.6 Å². The van der Waals surface area contributed by atoms with Gasteiger partial charge >= 0.3 is 19.2 Å². The summed E-state index contributed by atoms with van der Waals surface area (Å²) in [6.45, 7) is 3.01. The van der Waals surface area contributed by atoms with Gasteiger partial charge in [0, 0.05) is 19.8 Å². The van der Waals surface area contributed by atoms with Crippen LogP contribution in [0.15, 0.2) is 18.2 Å². The summed E-state index contributed by atoms with van der Waals surface area (Å²) in [6.07, 6.45) is 3.63. The maximum Gasteiger partial charge on any atom is 0.547 e. The van der Waals surface area contributed by atoms with Gasteiger partial charge in [-0.2, -0.15) is 0 Å². The number of ether oxygens (including phenoxy) is 3. The molecule has 0 saturated heterocycles. The molecule has 0 spiro atoms. The van der Waals surface area contributed by atoms with E-state index in [0.29, 0.717) is 5.56 Å². The molecule has 0 fully saturated rings. The summed E-state index contributed by atoms with van der Waals surface area (Å²) in [5.74, 6) is 0.705. The van der Waals surface area contributed by atoms with E-state index in [9.17, 15) is 19.4 Å². The van der Waals surface area contributed by atoms with Crippen molar-refractivity contribution in [1.82, 2.24) is 5.32 Å². The van der Waals surface area contributed by atoms with Crippen molar-refractivity contribution in [1.29, 1.82) is 0 Å². The van der Waals surface area contributed by atoms with Crippen LogP contribution in [0.5, 0.6) is 5.75 Å². The van der Waals surface area contributed by atoms with Crippen LogP contribution in [0.1, 0.15) is 42.6 Å². The van der Waals surface area contributed by atoms with Gasteiger partial charge in [-0.3, -0.25) is 4.79 Å². The zero-order chi connectivity index (χ0) is 22.3. The van der Waals surface area contributed by atoms with Crippen LogP contribution in [0.25, 0.3) is 0 Å². The molecule has 0 bridgehead atoms. The zero-order valence-corrected chi connectivity index (χ0v) is 18.6. The number of hydrogen-bond donors (Lipinski definition) is 2. The third-order valence-electron chi connectivity index (χ3n) is 3.98. The topological polar surface area (TPSA) is 120 Å². The van der Waals surface area contributed by atoms with E-state index in [4.69, 9.17) is 25.3 Å². The second-order valence-corrected chi connectivity index (χ2v) is 8.14. The van der Waals surface area contributed by atoms with Crippen LogP contribution in [-0.4, -0.2) is 46.5 Å². The molecule has 1 heterocycles. The highest BCUT2D eigenvalue weighted by molar-refractivity contribution is 14.1. The molecular formula is C19H21BINO8. The van der Waals surface area contributed by atoms with Crippen LogP contribution in [0.2, 0.25) is 0 Å². The first-order valence-electron chi connectivity index (χ1n) is 9.13. The standard InChI is InChI=1S/C19H21BINO8/c1-4-5-9-16(23)22-15-10-13-7-6-8-14(17(13)30-20(15)26)18(24)28-12(3)29-19(25)27-11(2)21/h1,6-8,11-12,15,26H,5,9-10H2,2-3H3,(H,22,23)/t11?,12?,15-/m0/s1. The Morgan fingerprint density at radius 2 is 2.10 bits per heavy atom. The van der Waals surface area contributed by atoms with Gasteiger partial charge in [0.1, 0.15) is 11.3 Å². The van der Waals surface area contributed by atoms with Gasteiger partial charge < -0.3 is 29.2 Å². The first kappa shape index (κ1) is 23.8. The lowest BCUT2D eigenvalue weighted by molar-refractivity contribution is -0.121. The Hall–Kier alpha value is -2.46. The molecule has 11 heteroatoms. The summed E-state index contributed by atoms with van der Waals surface area (Å²) in [5.41, 5.74) is 0.651. The lowest BCUT2D eigenvalue weighted by Crippen LogP contribution is -2.53. The van der Waals surface area contributed by atoms with E-state index in [1.54, 1.807) is 19.1 Å². The minimum absolute atomic E-state index is 0.0507. The molecule has 3 atom stereocenters. The number of rotatable bonds is 7. The van der Waals surface area contributed by atoms with Crippen LogP contribution < -0.4 is 9.97 Å². The predicted octanol–water partition coefficient (Wildman–Crippen LogP) is 1.98. The molecule has 1 aliphatic heterocycles. The van der Waals surface area contributed by atoms with Crippen LogP contribution in [-0.2, 0) is 25.4 Å². The largest absolute Gasteiger partial charge is 0.547 e. The number of hydrogen-bond acceptors (Lipinski definition) is 8. The van der Waals surface area contributed by atoms with Crippen molar-refractivity contribution in [3.8, 4) is 18.1 Å². The normalized spacial score (nSPS) is 16.8. The van der Waals surface area contributed by atoms with E-state index in [2.05, 4.69) is 11.2 Å². The lowest BCUT2D eigenvalue weighted by Gasteiger charge is -2.29. The Bertz CT molecular complexity index is 840. The Morgan fingerprint density at radius 1 is 1.37 bits per heavy atom. The second-order valence-electron chi connectivity index (χ2n) is 6.39. The van der Waals surface area contributed by atoms with Crippen molar-refractivity contribution in [2.75, 3.05) is 0 Å². The quantitative estimate of drug-likeness (QED) is 0.138. The van der Waals surface area contributed by atoms with E-state index in [1.165, 1.54) is 13.0 Å². The molecule has 1 aromatic rings. The number of esters is 1. The van der Waals surface area contributed by atoms with Crippen molar-refractivity contribution in [3.05, 3.63) is 29.3 Å². The highest BCUT2D eigenvalue weighted by atomic mass is 127. The molecule has 2 N–H and O–H groups in total. The summed E-state index contributed by atoms with van der Waals surface area (Å²) in [5, 5.41) is 12.9. The fourth-order valence-electron chi connectivity index (χ4n) is 2.71. The molecule has 0 aromatic heterocycles. The van der Waals surface area contributed by atoms with Crippen LogP contribution >= 0.6 is 22.6 Å². The molecular weight excluding hydrogens is 508 g/mol. The summed E-state index contributed by atoms with van der Waals surface area (Å²) >= 11 is 1.87. The summed E-state index contributed by atoms with van der Waals surface area (Å²) in [7, 11) is -1.37. The summed E-state index contributed by atoms with van der Waals surface area (Å²) < 4.78 is 19.8. The molecule has 1 aliphatic rings. The third-order valence-corrected chi connectivity index (χ3v) is 4.23. The fourth-order valence-corrected chi connectivity index (χ4v) is 2.91. The van der Waals surface area contributed by atoms with Gasteiger partial charge in [-0.1, -0.05) is 12.1 Å². The van der Waals surface area contributed by atoms with Gasteiger partial charge in [0.05, 0.1) is 5.94 Å². The van der Waals surface area contributed by atoms with Crippen molar-refractivity contribution in [2.45, 2.75) is 49.5 Å². The van der Waals surface area contributed by atoms with Gasteiger partial charge in [-0.05, 0) is 47.6 Å². The van der Waals surface area contributed by atoms with Crippen LogP contribution in [0, 0.1) is 12.3 Å². The van der Waals surface area contributed by atoms with Crippen LogP contribution in [0.4, 0.5) is 4.79 Å². The number of benzene rings is 1. The van der Waals surface area contributed by atoms with Crippen molar-refractivity contribution < 1.29 is 38.3 Å². The number of carbonyl (C=O) groups excluding carboxylic acids is 3. The molecule has 2 unspecified atom stereocenters. The zero-order valence-electron chi connectivity index (χ0n) is 16.4. The van der Waals surface area contributed by atoms with Crippen molar-refractivity contribution in [2.24, 2.45) is 0 Å². The van der Waals surface area contributed by atoms with Crippen LogP contribution in [0.3, 0.4) is 0 Å².